The van der Waals surface area contributed by atoms with Gasteiger partial charge in [0.15, 0.2) is 0 Å². The van der Waals surface area contributed by atoms with E-state index in [9.17, 15) is 0 Å². The van der Waals surface area contributed by atoms with Crippen LogP contribution in [0.2, 0.25) is 0 Å². The van der Waals surface area contributed by atoms with Gasteiger partial charge in [-0.3, -0.25) is 0 Å². The zero-order chi connectivity index (χ0) is 13.9. The molecule has 2 aromatic rings. The average Bonchev–Trinajstić information content (AvgIpc) is 2.92. The van der Waals surface area contributed by atoms with Gasteiger partial charge < -0.3 is 5.32 Å². The highest BCUT2D eigenvalue weighted by atomic mass is 79.9. The molecule has 0 spiro atoms. The first-order chi connectivity index (χ1) is 9.76. The Morgan fingerprint density at radius 3 is 2.80 bits per heavy atom. The first-order valence-corrected chi connectivity index (χ1v) is 7.60. The Hall–Kier alpha value is -1.79. The third kappa shape index (κ3) is 2.71. The summed E-state index contributed by atoms with van der Waals surface area (Å²) in [6.07, 6.45) is 3.69. The highest BCUT2D eigenvalue weighted by Gasteiger charge is 2.10. The SMILES string of the molecule is N#Cc1ccc(Br)cc1NCc1ccc2c(c1)CCC2. The van der Waals surface area contributed by atoms with Crippen molar-refractivity contribution in [1.29, 1.82) is 5.26 Å². The summed E-state index contributed by atoms with van der Waals surface area (Å²) in [5.41, 5.74) is 5.80. The summed E-state index contributed by atoms with van der Waals surface area (Å²) < 4.78 is 0.980. The van der Waals surface area contributed by atoms with Gasteiger partial charge in [0.25, 0.3) is 0 Å². The summed E-state index contributed by atoms with van der Waals surface area (Å²) in [6, 6.07) is 14.6. The zero-order valence-electron chi connectivity index (χ0n) is 11.1. The van der Waals surface area contributed by atoms with Gasteiger partial charge in [0.05, 0.1) is 11.3 Å². The number of anilines is 1. The third-order valence-electron chi connectivity index (χ3n) is 3.75. The predicted molar refractivity (Wildman–Crippen MR) is 84.7 cm³/mol. The van der Waals surface area contributed by atoms with Gasteiger partial charge in [-0.25, -0.2) is 0 Å². The van der Waals surface area contributed by atoms with Crippen LogP contribution in [0, 0.1) is 11.3 Å². The van der Waals surface area contributed by atoms with Crippen molar-refractivity contribution in [3.63, 3.8) is 0 Å². The Kier molecular flexibility index (Phi) is 3.75. The first-order valence-electron chi connectivity index (χ1n) is 6.80. The van der Waals surface area contributed by atoms with E-state index in [1.54, 1.807) is 0 Å². The predicted octanol–water partition coefficient (Wildman–Crippen LogP) is 4.42. The van der Waals surface area contributed by atoms with Gasteiger partial charge in [0, 0.05) is 11.0 Å². The smallest absolute Gasteiger partial charge is 0.101 e. The normalized spacial score (nSPS) is 12.8. The van der Waals surface area contributed by atoms with Crippen LogP contribution in [0.25, 0.3) is 0 Å². The number of rotatable bonds is 3. The lowest BCUT2D eigenvalue weighted by atomic mass is 10.1. The largest absolute Gasteiger partial charge is 0.380 e. The Balaban J connectivity index is 1.77. The molecule has 0 heterocycles. The molecule has 1 aliphatic rings. The maximum atomic E-state index is 9.13. The fraction of sp³-hybridized carbons (Fsp3) is 0.235. The second-order valence-corrected chi connectivity index (χ2v) is 6.03. The molecule has 0 atom stereocenters. The highest BCUT2D eigenvalue weighted by molar-refractivity contribution is 9.10. The van der Waals surface area contributed by atoms with Gasteiger partial charge in [0.1, 0.15) is 6.07 Å². The monoisotopic (exact) mass is 326 g/mol. The van der Waals surface area contributed by atoms with Crippen molar-refractivity contribution < 1.29 is 0 Å². The Morgan fingerprint density at radius 2 is 1.95 bits per heavy atom. The zero-order valence-corrected chi connectivity index (χ0v) is 12.7. The number of hydrogen-bond acceptors (Lipinski definition) is 2. The molecule has 3 rings (SSSR count). The topological polar surface area (TPSA) is 35.8 Å². The van der Waals surface area contributed by atoms with Crippen molar-refractivity contribution >= 4 is 21.6 Å². The number of hydrogen-bond donors (Lipinski definition) is 1. The van der Waals surface area contributed by atoms with E-state index in [0.29, 0.717) is 5.56 Å². The summed E-state index contributed by atoms with van der Waals surface area (Å²) in [5, 5.41) is 12.5. The first kappa shape index (κ1) is 13.2. The fourth-order valence-corrected chi connectivity index (χ4v) is 3.05. The number of halogens is 1. The summed E-state index contributed by atoms with van der Waals surface area (Å²) in [4.78, 5) is 0. The molecule has 0 fully saturated rings. The van der Waals surface area contributed by atoms with Crippen LogP contribution in [0.15, 0.2) is 40.9 Å². The van der Waals surface area contributed by atoms with Crippen LogP contribution >= 0.6 is 15.9 Å². The molecule has 3 heteroatoms. The second kappa shape index (κ2) is 5.68. The van der Waals surface area contributed by atoms with Crippen LogP contribution < -0.4 is 5.32 Å². The Labute approximate surface area is 127 Å². The summed E-state index contributed by atoms with van der Waals surface area (Å²) in [6.45, 7) is 0.748. The molecule has 0 saturated heterocycles. The van der Waals surface area contributed by atoms with E-state index in [0.717, 1.165) is 16.7 Å². The molecule has 0 aromatic heterocycles. The number of nitriles is 1. The van der Waals surface area contributed by atoms with E-state index in [1.807, 2.05) is 18.2 Å². The maximum Gasteiger partial charge on any atom is 0.101 e. The quantitative estimate of drug-likeness (QED) is 0.906. The van der Waals surface area contributed by atoms with Crippen LogP contribution in [0.5, 0.6) is 0 Å². The molecule has 1 N–H and O–H groups in total. The van der Waals surface area contributed by atoms with Crippen LogP contribution in [0.3, 0.4) is 0 Å². The van der Waals surface area contributed by atoms with Crippen molar-refractivity contribution in [2.45, 2.75) is 25.8 Å². The molecule has 20 heavy (non-hydrogen) atoms. The minimum absolute atomic E-state index is 0.675. The lowest BCUT2D eigenvalue weighted by Crippen LogP contribution is -2.02. The fourth-order valence-electron chi connectivity index (χ4n) is 2.69. The second-order valence-electron chi connectivity index (χ2n) is 5.11. The minimum atomic E-state index is 0.675. The molecule has 2 nitrogen and oxygen atoms in total. The molecular formula is C17H15BrN2. The molecule has 2 aromatic carbocycles. The number of benzene rings is 2. The van der Waals surface area contributed by atoms with Crippen LogP contribution in [-0.2, 0) is 19.4 Å². The van der Waals surface area contributed by atoms with E-state index in [1.165, 1.54) is 36.0 Å². The average molecular weight is 327 g/mol. The number of nitrogens with one attached hydrogen (secondary N) is 1. The molecule has 0 radical (unpaired) electrons. The molecule has 0 bridgehead atoms. The maximum absolute atomic E-state index is 9.13. The molecule has 1 aliphatic carbocycles. The number of nitrogens with zero attached hydrogens (tertiary/aromatic N) is 1. The van der Waals surface area contributed by atoms with Crippen LogP contribution in [-0.4, -0.2) is 0 Å². The summed E-state index contributed by atoms with van der Waals surface area (Å²) in [7, 11) is 0. The van der Waals surface area contributed by atoms with Crippen molar-refractivity contribution in [3.05, 3.63) is 63.1 Å². The number of fused-ring (bicyclic) bond motifs is 1. The molecular weight excluding hydrogens is 312 g/mol. The van der Waals surface area contributed by atoms with Gasteiger partial charge in [-0.1, -0.05) is 34.1 Å². The van der Waals surface area contributed by atoms with E-state index < -0.39 is 0 Å². The van der Waals surface area contributed by atoms with Gasteiger partial charge in [-0.05, 0) is 54.2 Å². The van der Waals surface area contributed by atoms with Crippen LogP contribution in [0.4, 0.5) is 5.69 Å². The van der Waals surface area contributed by atoms with Gasteiger partial charge in [-0.15, -0.1) is 0 Å². The van der Waals surface area contributed by atoms with E-state index in [2.05, 4.69) is 45.5 Å². The lowest BCUT2D eigenvalue weighted by molar-refractivity contribution is 0.911. The summed E-state index contributed by atoms with van der Waals surface area (Å²) >= 11 is 3.44. The van der Waals surface area contributed by atoms with Crippen molar-refractivity contribution in [3.8, 4) is 6.07 Å². The van der Waals surface area contributed by atoms with Gasteiger partial charge in [0.2, 0.25) is 0 Å². The lowest BCUT2D eigenvalue weighted by Gasteiger charge is -2.10. The molecule has 0 unspecified atom stereocenters. The Morgan fingerprint density at radius 1 is 1.10 bits per heavy atom. The number of aryl methyl sites for hydroxylation is 2. The molecule has 100 valence electrons. The van der Waals surface area contributed by atoms with E-state index in [4.69, 9.17) is 5.26 Å². The molecule has 0 saturated carbocycles. The van der Waals surface area contributed by atoms with E-state index in [-0.39, 0.29) is 0 Å². The van der Waals surface area contributed by atoms with Gasteiger partial charge >= 0.3 is 0 Å². The van der Waals surface area contributed by atoms with Gasteiger partial charge in [-0.2, -0.15) is 5.26 Å². The van der Waals surface area contributed by atoms with Crippen molar-refractivity contribution in [2.24, 2.45) is 0 Å². The minimum Gasteiger partial charge on any atom is -0.380 e. The van der Waals surface area contributed by atoms with Crippen molar-refractivity contribution in [2.75, 3.05) is 5.32 Å². The van der Waals surface area contributed by atoms with Crippen molar-refractivity contribution in [1.82, 2.24) is 0 Å². The summed E-state index contributed by atoms with van der Waals surface area (Å²) in [5.74, 6) is 0. The molecule has 0 amide bonds. The Bertz CT molecular complexity index is 686. The molecule has 0 aliphatic heterocycles. The highest BCUT2D eigenvalue weighted by Crippen LogP contribution is 2.24. The van der Waals surface area contributed by atoms with Crippen LogP contribution in [0.1, 0.15) is 28.7 Å². The third-order valence-corrected chi connectivity index (χ3v) is 4.24. The standard InChI is InChI=1S/C17H15BrN2/c18-16-7-6-15(10-19)17(9-16)20-11-12-4-5-13-2-1-3-14(13)8-12/h4-9,20H,1-3,11H2. The van der Waals surface area contributed by atoms with E-state index >= 15 is 0 Å².